The molecule has 4 aromatic rings. The molecule has 0 saturated carbocycles. The smallest absolute Gasteiger partial charge is 0.244 e. The van der Waals surface area contributed by atoms with Gasteiger partial charge < -0.3 is 4.57 Å². The second-order valence-corrected chi connectivity index (χ2v) is 8.49. The minimum atomic E-state index is -0.116. The summed E-state index contributed by atoms with van der Waals surface area (Å²) in [5, 5.41) is 5.42. The first-order chi connectivity index (χ1) is 15.4. The summed E-state index contributed by atoms with van der Waals surface area (Å²) >= 11 is 0. The molecule has 0 unspecified atom stereocenters. The minimum Gasteiger partial charge on any atom is -0.340 e. The van der Waals surface area contributed by atoms with Crippen molar-refractivity contribution in [3.63, 3.8) is 0 Å². The number of amides is 1. The van der Waals surface area contributed by atoms with Gasteiger partial charge in [-0.25, -0.2) is 5.43 Å². The molecular formula is C28H29N3O. The lowest BCUT2D eigenvalue weighted by Crippen LogP contribution is -2.20. The summed E-state index contributed by atoms with van der Waals surface area (Å²) in [7, 11) is 0. The number of aromatic nitrogens is 1. The van der Waals surface area contributed by atoms with E-state index >= 15 is 0 Å². The van der Waals surface area contributed by atoms with Crippen molar-refractivity contribution in [2.45, 2.75) is 40.7 Å². The fourth-order valence-electron chi connectivity index (χ4n) is 4.13. The molecule has 4 nitrogen and oxygen atoms in total. The number of rotatable bonds is 6. The van der Waals surface area contributed by atoms with E-state index in [0.717, 1.165) is 39.8 Å². The van der Waals surface area contributed by atoms with Crippen LogP contribution >= 0.6 is 0 Å². The molecule has 0 bridgehead atoms. The molecule has 0 aliphatic heterocycles. The third kappa shape index (κ3) is 4.65. The number of carbonyl (C=O) groups excluding carboxylic acids is 1. The van der Waals surface area contributed by atoms with Crippen LogP contribution in [0.2, 0.25) is 0 Å². The molecule has 3 aromatic carbocycles. The van der Waals surface area contributed by atoms with Gasteiger partial charge in [-0.15, -0.1) is 0 Å². The number of hydrazone groups is 1. The zero-order valence-corrected chi connectivity index (χ0v) is 19.1. The van der Waals surface area contributed by atoms with Crippen molar-refractivity contribution in [1.29, 1.82) is 0 Å². The number of hydrogen-bond donors (Lipinski definition) is 1. The predicted octanol–water partition coefficient (Wildman–Crippen LogP) is 5.62. The molecule has 0 aliphatic rings. The van der Waals surface area contributed by atoms with Gasteiger partial charge in [0, 0.05) is 28.7 Å². The quantitative estimate of drug-likeness (QED) is 0.318. The highest BCUT2D eigenvalue weighted by Gasteiger charge is 2.13. The summed E-state index contributed by atoms with van der Waals surface area (Å²) in [6.45, 7) is 9.08. The Morgan fingerprint density at radius 2 is 1.66 bits per heavy atom. The summed E-state index contributed by atoms with van der Waals surface area (Å²) in [6, 6.07) is 23.1. The van der Waals surface area contributed by atoms with Gasteiger partial charge in [0.05, 0.1) is 12.6 Å². The lowest BCUT2D eigenvalue weighted by molar-refractivity contribution is -0.120. The highest BCUT2D eigenvalue weighted by atomic mass is 16.2. The number of fused-ring (bicyclic) bond motifs is 1. The molecule has 4 heteroatoms. The molecule has 1 heterocycles. The molecule has 1 amide bonds. The van der Waals surface area contributed by atoms with E-state index in [1.807, 2.05) is 25.1 Å². The van der Waals surface area contributed by atoms with Crippen LogP contribution in [0.4, 0.5) is 0 Å². The minimum absolute atomic E-state index is 0.116. The molecular weight excluding hydrogens is 394 g/mol. The van der Waals surface area contributed by atoms with Gasteiger partial charge in [-0.2, -0.15) is 5.10 Å². The molecule has 0 aliphatic carbocycles. The van der Waals surface area contributed by atoms with E-state index in [1.165, 1.54) is 16.7 Å². The van der Waals surface area contributed by atoms with Gasteiger partial charge in [-0.1, -0.05) is 71.8 Å². The first kappa shape index (κ1) is 21.6. The SMILES string of the molecule is Cc1ccc(Cn2c(C)c(/C=N/NC(=O)Cc3ccc(C)cc3C)c3ccccc32)cc1. The van der Waals surface area contributed by atoms with Gasteiger partial charge in [0.1, 0.15) is 0 Å². The van der Waals surface area contributed by atoms with Gasteiger partial charge in [0.25, 0.3) is 0 Å². The fraction of sp³-hybridized carbons (Fsp3) is 0.214. The molecule has 1 N–H and O–H groups in total. The third-order valence-corrected chi connectivity index (χ3v) is 5.97. The van der Waals surface area contributed by atoms with Crippen LogP contribution in [0.15, 0.2) is 71.8 Å². The first-order valence-electron chi connectivity index (χ1n) is 10.9. The van der Waals surface area contributed by atoms with Crippen molar-refractivity contribution in [2.75, 3.05) is 0 Å². The maximum absolute atomic E-state index is 12.4. The number of aryl methyl sites for hydroxylation is 3. The number of nitrogens with zero attached hydrogens (tertiary/aromatic N) is 2. The Balaban J connectivity index is 1.55. The summed E-state index contributed by atoms with van der Waals surface area (Å²) in [6.07, 6.45) is 2.08. The van der Waals surface area contributed by atoms with Crippen molar-refractivity contribution in [2.24, 2.45) is 5.10 Å². The number of benzene rings is 3. The van der Waals surface area contributed by atoms with Crippen molar-refractivity contribution in [1.82, 2.24) is 9.99 Å². The maximum atomic E-state index is 12.4. The molecule has 0 fully saturated rings. The highest BCUT2D eigenvalue weighted by molar-refractivity contribution is 6.01. The van der Waals surface area contributed by atoms with Gasteiger partial charge >= 0.3 is 0 Å². The monoisotopic (exact) mass is 423 g/mol. The van der Waals surface area contributed by atoms with E-state index < -0.39 is 0 Å². The molecule has 0 radical (unpaired) electrons. The number of carbonyl (C=O) groups is 1. The zero-order valence-electron chi connectivity index (χ0n) is 19.1. The summed E-state index contributed by atoms with van der Waals surface area (Å²) in [5.41, 5.74) is 11.9. The standard InChI is InChI=1S/C28H29N3O/c1-19-9-12-23(13-10-19)18-31-22(4)26(25-7-5-6-8-27(25)31)17-29-30-28(32)16-24-14-11-20(2)15-21(24)3/h5-15,17H,16,18H2,1-4H3,(H,30,32)/b29-17+. The molecule has 4 rings (SSSR count). The molecule has 0 saturated heterocycles. The normalized spacial score (nSPS) is 11.4. The van der Waals surface area contributed by atoms with E-state index in [9.17, 15) is 4.79 Å². The Morgan fingerprint density at radius 1 is 0.938 bits per heavy atom. The molecule has 162 valence electrons. The van der Waals surface area contributed by atoms with E-state index in [1.54, 1.807) is 6.21 Å². The second kappa shape index (κ2) is 9.23. The van der Waals surface area contributed by atoms with Crippen LogP contribution in [0.1, 0.15) is 39.1 Å². The lowest BCUT2D eigenvalue weighted by atomic mass is 10.0. The van der Waals surface area contributed by atoms with E-state index in [0.29, 0.717) is 6.42 Å². The van der Waals surface area contributed by atoms with Crippen LogP contribution in [0.3, 0.4) is 0 Å². The van der Waals surface area contributed by atoms with Crippen molar-refractivity contribution in [3.8, 4) is 0 Å². The Labute approximate surface area is 189 Å². The fourth-order valence-corrected chi connectivity index (χ4v) is 4.13. The summed E-state index contributed by atoms with van der Waals surface area (Å²) in [5.74, 6) is -0.116. The average Bonchev–Trinajstić information content (AvgIpc) is 3.03. The zero-order chi connectivity index (χ0) is 22.7. The second-order valence-electron chi connectivity index (χ2n) is 8.49. The van der Waals surface area contributed by atoms with Crippen LogP contribution in [0.25, 0.3) is 10.9 Å². The molecule has 0 atom stereocenters. The van der Waals surface area contributed by atoms with Crippen LogP contribution < -0.4 is 5.43 Å². The van der Waals surface area contributed by atoms with Crippen LogP contribution in [0.5, 0.6) is 0 Å². The van der Waals surface area contributed by atoms with E-state index in [2.05, 4.69) is 84.4 Å². The number of hydrogen-bond acceptors (Lipinski definition) is 2. The van der Waals surface area contributed by atoms with Crippen LogP contribution in [0, 0.1) is 27.7 Å². The predicted molar refractivity (Wildman–Crippen MR) is 132 cm³/mol. The lowest BCUT2D eigenvalue weighted by Gasteiger charge is -2.09. The van der Waals surface area contributed by atoms with E-state index in [-0.39, 0.29) is 5.91 Å². The number of para-hydroxylation sites is 1. The Hall–Kier alpha value is -3.66. The molecule has 32 heavy (non-hydrogen) atoms. The van der Waals surface area contributed by atoms with Gasteiger partial charge in [0.15, 0.2) is 0 Å². The van der Waals surface area contributed by atoms with Gasteiger partial charge in [-0.05, 0) is 50.5 Å². The largest absolute Gasteiger partial charge is 0.340 e. The van der Waals surface area contributed by atoms with E-state index in [4.69, 9.17) is 0 Å². The molecule has 1 aromatic heterocycles. The van der Waals surface area contributed by atoms with Crippen molar-refractivity contribution in [3.05, 3.63) is 106 Å². The third-order valence-electron chi connectivity index (χ3n) is 5.97. The Kier molecular flexibility index (Phi) is 6.22. The maximum Gasteiger partial charge on any atom is 0.244 e. The van der Waals surface area contributed by atoms with Gasteiger partial charge in [-0.3, -0.25) is 4.79 Å². The highest BCUT2D eigenvalue weighted by Crippen LogP contribution is 2.25. The van der Waals surface area contributed by atoms with Gasteiger partial charge in [0.2, 0.25) is 5.91 Å². The van der Waals surface area contributed by atoms with Crippen molar-refractivity contribution >= 4 is 23.0 Å². The van der Waals surface area contributed by atoms with Crippen molar-refractivity contribution < 1.29 is 4.79 Å². The molecule has 0 spiro atoms. The Morgan fingerprint density at radius 3 is 2.41 bits per heavy atom. The van der Waals surface area contributed by atoms with Crippen LogP contribution in [-0.2, 0) is 17.8 Å². The van der Waals surface area contributed by atoms with Crippen LogP contribution in [-0.4, -0.2) is 16.7 Å². The first-order valence-corrected chi connectivity index (χ1v) is 10.9. The summed E-state index contributed by atoms with van der Waals surface area (Å²) < 4.78 is 2.30. The Bertz CT molecular complexity index is 1300. The number of nitrogens with one attached hydrogen (secondary N) is 1. The average molecular weight is 424 g/mol. The summed E-state index contributed by atoms with van der Waals surface area (Å²) in [4.78, 5) is 12.4. The topological polar surface area (TPSA) is 46.4 Å².